The van der Waals surface area contributed by atoms with Gasteiger partial charge in [-0.3, -0.25) is 14.9 Å². The number of benzene rings is 2. The van der Waals surface area contributed by atoms with Crippen molar-refractivity contribution in [3.8, 4) is 5.69 Å². The van der Waals surface area contributed by atoms with Crippen LogP contribution in [0.2, 0.25) is 0 Å². The van der Waals surface area contributed by atoms with Crippen LogP contribution >= 0.6 is 0 Å². The molecule has 0 radical (unpaired) electrons. The van der Waals surface area contributed by atoms with E-state index in [1.54, 1.807) is 31.2 Å². The first-order valence-corrected chi connectivity index (χ1v) is 9.70. The number of aliphatic imine (C=N–C) groups is 1. The maximum atomic E-state index is 13.5. The number of fused-ring (bicyclic) bond motifs is 1. The zero-order valence-corrected chi connectivity index (χ0v) is 16.1. The molecule has 0 aliphatic heterocycles. The summed E-state index contributed by atoms with van der Waals surface area (Å²) in [6.45, 7) is 1.78. The van der Waals surface area contributed by atoms with Gasteiger partial charge in [-0.15, -0.1) is 0 Å². The van der Waals surface area contributed by atoms with E-state index in [1.807, 2.05) is 0 Å². The van der Waals surface area contributed by atoms with Crippen LogP contribution < -0.4 is 16.2 Å². The van der Waals surface area contributed by atoms with E-state index >= 15 is 0 Å². The molecule has 1 heterocycles. The molecule has 2 aromatic carbocycles. The topological polar surface area (TPSA) is 128 Å². The third-order valence-corrected chi connectivity index (χ3v) is 5.16. The second-order valence-corrected chi connectivity index (χ2v) is 7.70. The molecule has 0 amide bonds. The molecule has 154 valence electrons. The number of aromatic nitrogens is 2. The lowest BCUT2D eigenvalue weighted by atomic mass is 10.1. The van der Waals surface area contributed by atoms with Crippen molar-refractivity contribution >= 4 is 33.0 Å². The Morgan fingerprint density at radius 1 is 1.24 bits per heavy atom. The molecule has 0 aliphatic carbocycles. The highest BCUT2D eigenvalue weighted by Crippen LogP contribution is 2.38. The molecule has 0 saturated heterocycles. The van der Waals surface area contributed by atoms with Gasteiger partial charge in [0, 0.05) is 7.05 Å². The minimum atomic E-state index is -4.94. The number of nitrogens with zero attached hydrogens (tertiary/aromatic N) is 3. The number of rotatable bonds is 3. The summed E-state index contributed by atoms with van der Waals surface area (Å²) in [6, 6.07) is 8.50. The Bertz CT molecular complexity index is 1230. The molecular weight excluding hydrogens is 409 g/mol. The molecule has 0 saturated carbocycles. The summed E-state index contributed by atoms with van der Waals surface area (Å²) in [5.74, 6) is 0.0370. The van der Waals surface area contributed by atoms with E-state index in [2.05, 4.69) is 15.3 Å². The number of primary sulfonamides is 1. The number of anilines is 1. The van der Waals surface area contributed by atoms with Crippen molar-refractivity contribution in [1.82, 2.24) is 9.55 Å². The summed E-state index contributed by atoms with van der Waals surface area (Å²) in [7, 11) is -3.24. The number of alkyl halides is 3. The molecule has 0 fully saturated rings. The number of sulfonamides is 1. The van der Waals surface area contributed by atoms with Gasteiger partial charge in [0.25, 0.3) is 0 Å². The van der Waals surface area contributed by atoms with Crippen LogP contribution in [0.4, 0.5) is 19.1 Å². The highest BCUT2D eigenvalue weighted by Gasteiger charge is 2.37. The van der Waals surface area contributed by atoms with Crippen molar-refractivity contribution in [2.24, 2.45) is 15.9 Å². The number of para-hydroxylation sites is 1. The highest BCUT2D eigenvalue weighted by atomic mass is 32.2. The Balaban J connectivity index is 2.46. The van der Waals surface area contributed by atoms with Crippen LogP contribution in [0.25, 0.3) is 16.7 Å². The molecule has 0 aliphatic rings. The Labute approximate surface area is 164 Å². The third-order valence-electron chi connectivity index (χ3n) is 4.20. The average molecular weight is 426 g/mol. The maximum absolute atomic E-state index is 13.5. The van der Waals surface area contributed by atoms with Gasteiger partial charge in [0.15, 0.2) is 5.96 Å². The first-order valence-electron chi connectivity index (χ1n) is 8.15. The molecule has 0 bridgehead atoms. The van der Waals surface area contributed by atoms with E-state index in [4.69, 9.17) is 10.9 Å². The molecule has 5 N–H and O–H groups in total. The first kappa shape index (κ1) is 20.6. The number of nitrogens with one attached hydrogen (secondary N) is 1. The molecule has 0 spiro atoms. The minimum Gasteiger partial charge on any atom is -0.370 e. The second kappa shape index (κ2) is 7.04. The SMILES string of the molecule is CN=C(N)Nc1nc2cc(C(F)(F)F)c(S(N)(=O)=O)cc2n1-c1ccccc1C. The van der Waals surface area contributed by atoms with Crippen LogP contribution in [0.5, 0.6) is 0 Å². The fourth-order valence-electron chi connectivity index (χ4n) is 2.87. The fraction of sp³-hybridized carbons (Fsp3) is 0.176. The molecule has 0 unspecified atom stereocenters. The zero-order chi connectivity index (χ0) is 21.6. The monoisotopic (exact) mass is 426 g/mol. The van der Waals surface area contributed by atoms with Gasteiger partial charge >= 0.3 is 6.18 Å². The van der Waals surface area contributed by atoms with Crippen molar-refractivity contribution in [3.63, 3.8) is 0 Å². The van der Waals surface area contributed by atoms with E-state index in [1.165, 1.54) is 11.6 Å². The summed E-state index contributed by atoms with van der Waals surface area (Å²) in [5, 5.41) is 7.77. The largest absolute Gasteiger partial charge is 0.417 e. The van der Waals surface area contributed by atoms with Gasteiger partial charge in [0.2, 0.25) is 16.0 Å². The van der Waals surface area contributed by atoms with Crippen LogP contribution in [0.1, 0.15) is 11.1 Å². The predicted octanol–water partition coefficient (Wildman–Crippen LogP) is 2.36. The summed E-state index contributed by atoms with van der Waals surface area (Å²) < 4.78 is 65.6. The van der Waals surface area contributed by atoms with Gasteiger partial charge in [-0.05, 0) is 30.7 Å². The molecule has 3 rings (SSSR count). The predicted molar refractivity (Wildman–Crippen MR) is 103 cm³/mol. The summed E-state index contributed by atoms with van der Waals surface area (Å²) in [4.78, 5) is 6.88. The van der Waals surface area contributed by atoms with Crippen molar-refractivity contribution in [3.05, 3.63) is 47.5 Å². The van der Waals surface area contributed by atoms with Gasteiger partial charge < -0.3 is 5.73 Å². The lowest BCUT2D eigenvalue weighted by Gasteiger charge is -2.14. The van der Waals surface area contributed by atoms with Crippen molar-refractivity contribution in [2.75, 3.05) is 12.4 Å². The Morgan fingerprint density at radius 2 is 1.90 bits per heavy atom. The molecule has 1 aromatic heterocycles. The van der Waals surface area contributed by atoms with Crippen LogP contribution in [-0.4, -0.2) is 31.0 Å². The van der Waals surface area contributed by atoms with Crippen LogP contribution in [0.3, 0.4) is 0 Å². The maximum Gasteiger partial charge on any atom is 0.417 e. The van der Waals surface area contributed by atoms with Gasteiger partial charge in [0.05, 0.1) is 27.2 Å². The average Bonchev–Trinajstić information content (AvgIpc) is 2.96. The van der Waals surface area contributed by atoms with E-state index in [-0.39, 0.29) is 22.9 Å². The highest BCUT2D eigenvalue weighted by molar-refractivity contribution is 7.89. The van der Waals surface area contributed by atoms with Crippen LogP contribution in [0.15, 0.2) is 46.3 Å². The van der Waals surface area contributed by atoms with Crippen LogP contribution in [-0.2, 0) is 16.2 Å². The molecule has 12 heteroatoms. The molecule has 29 heavy (non-hydrogen) atoms. The number of aryl methyl sites for hydroxylation is 1. The number of guanidine groups is 1. The summed E-state index contributed by atoms with van der Waals surface area (Å²) >= 11 is 0. The van der Waals surface area contributed by atoms with Crippen molar-refractivity contribution in [1.29, 1.82) is 0 Å². The van der Waals surface area contributed by atoms with Gasteiger partial charge in [0.1, 0.15) is 0 Å². The van der Waals surface area contributed by atoms with E-state index < -0.39 is 26.7 Å². The lowest BCUT2D eigenvalue weighted by molar-refractivity contribution is -0.139. The van der Waals surface area contributed by atoms with Crippen LogP contribution in [0, 0.1) is 6.92 Å². The Hall–Kier alpha value is -3.12. The number of hydrogen-bond donors (Lipinski definition) is 3. The van der Waals surface area contributed by atoms with E-state index in [9.17, 15) is 21.6 Å². The van der Waals surface area contributed by atoms with Gasteiger partial charge in [-0.1, -0.05) is 18.2 Å². The lowest BCUT2D eigenvalue weighted by Crippen LogP contribution is -2.24. The molecule has 8 nitrogen and oxygen atoms in total. The standard InChI is InChI=1S/C17H17F3N6O2S/c1-9-5-3-4-6-12(9)26-13-8-14(29(22,27)28)10(17(18,19)20)7-11(13)24-16(26)25-15(21)23-2/h3-8H,1-2H3,(H2,22,27,28)(H3,21,23,24,25). The van der Waals surface area contributed by atoms with E-state index in [0.29, 0.717) is 11.8 Å². The second-order valence-electron chi connectivity index (χ2n) is 6.17. The molecular formula is C17H17F3N6O2S. The number of nitrogens with two attached hydrogens (primary N) is 2. The van der Waals surface area contributed by atoms with Gasteiger partial charge in [-0.2, -0.15) is 13.2 Å². The number of imidazole rings is 1. The van der Waals surface area contributed by atoms with Gasteiger partial charge in [-0.25, -0.2) is 18.5 Å². The van der Waals surface area contributed by atoms with Crippen molar-refractivity contribution in [2.45, 2.75) is 18.0 Å². The first-order chi connectivity index (χ1) is 13.4. The summed E-state index contributed by atoms with van der Waals surface area (Å²) in [6.07, 6.45) is -4.94. The number of hydrogen-bond acceptors (Lipinski definition) is 4. The van der Waals surface area contributed by atoms with Crippen molar-refractivity contribution < 1.29 is 21.6 Å². The molecule has 3 aromatic rings. The quantitative estimate of drug-likeness (QED) is 0.437. The Morgan fingerprint density at radius 3 is 2.45 bits per heavy atom. The zero-order valence-electron chi connectivity index (χ0n) is 15.3. The molecule has 0 atom stereocenters. The smallest absolute Gasteiger partial charge is 0.370 e. The Kier molecular flexibility index (Phi) is 5.01. The third kappa shape index (κ3) is 3.89. The summed E-state index contributed by atoms with van der Waals surface area (Å²) in [5.41, 5.74) is 5.62. The normalized spacial score (nSPS) is 13.1. The fourth-order valence-corrected chi connectivity index (χ4v) is 3.63. The minimum absolute atomic E-state index is 0.0298. The van der Waals surface area contributed by atoms with E-state index in [0.717, 1.165) is 11.6 Å². The number of halogens is 3.